The van der Waals surface area contributed by atoms with Crippen LogP contribution in [0, 0.1) is 12.7 Å². The summed E-state index contributed by atoms with van der Waals surface area (Å²) >= 11 is 0. The van der Waals surface area contributed by atoms with E-state index in [9.17, 15) is 18.8 Å². The molecule has 0 spiro atoms. The van der Waals surface area contributed by atoms with Gasteiger partial charge in [0.2, 0.25) is 0 Å². The van der Waals surface area contributed by atoms with Crippen LogP contribution in [-0.4, -0.2) is 45.3 Å². The number of nitrogens with two attached hydrogens (primary N) is 2. The minimum atomic E-state index is -0.881. The van der Waals surface area contributed by atoms with E-state index in [-0.39, 0.29) is 37.2 Å². The molecule has 1 heterocycles. The van der Waals surface area contributed by atoms with Crippen LogP contribution in [0.2, 0.25) is 0 Å². The van der Waals surface area contributed by atoms with Crippen LogP contribution >= 0.6 is 0 Å². The molecule has 2 atom stereocenters. The van der Waals surface area contributed by atoms with Gasteiger partial charge in [-0.3, -0.25) is 14.4 Å². The van der Waals surface area contributed by atoms with Gasteiger partial charge in [0.15, 0.2) is 0 Å². The topological polar surface area (TPSA) is 177 Å². The van der Waals surface area contributed by atoms with E-state index in [0.717, 1.165) is 16.9 Å². The van der Waals surface area contributed by atoms with Gasteiger partial charge in [-0.25, -0.2) is 4.39 Å². The summed E-state index contributed by atoms with van der Waals surface area (Å²) in [7, 11) is 0. The number of aliphatic carboxylic acids is 3. The molecule has 7 N–H and O–H groups in total. The van der Waals surface area contributed by atoms with Gasteiger partial charge >= 0.3 is 17.9 Å². The van der Waals surface area contributed by atoms with Crippen molar-refractivity contribution in [3.05, 3.63) is 95.2 Å². The van der Waals surface area contributed by atoms with Crippen LogP contribution < -0.4 is 11.5 Å². The highest BCUT2D eigenvalue weighted by Crippen LogP contribution is 2.11. The van der Waals surface area contributed by atoms with Crippen molar-refractivity contribution in [2.45, 2.75) is 64.0 Å². The van der Waals surface area contributed by atoms with Crippen molar-refractivity contribution in [3.8, 4) is 0 Å². The summed E-state index contributed by atoms with van der Waals surface area (Å²) < 4.78 is 18.0. The summed E-state index contributed by atoms with van der Waals surface area (Å²) in [5.41, 5.74) is 14.1. The third-order valence-electron chi connectivity index (χ3n) is 5.46. The van der Waals surface area contributed by atoms with E-state index in [1.807, 2.05) is 31.2 Å². The van der Waals surface area contributed by atoms with Crippen molar-refractivity contribution in [2.75, 3.05) is 0 Å². The largest absolute Gasteiger partial charge is 0.481 e. The zero-order valence-electron chi connectivity index (χ0n) is 22.0. The fourth-order valence-electron chi connectivity index (χ4n) is 3.53. The number of carbonyl (C=O) groups is 3. The van der Waals surface area contributed by atoms with Crippen LogP contribution in [0.5, 0.6) is 0 Å². The molecule has 0 saturated carbocycles. The van der Waals surface area contributed by atoms with Gasteiger partial charge in [-0.05, 0) is 61.1 Å². The van der Waals surface area contributed by atoms with Crippen LogP contribution in [0.25, 0.3) is 0 Å². The van der Waals surface area contributed by atoms with E-state index in [2.05, 4.69) is 0 Å². The standard InChI is InChI=1S/C11H15NO2.C10H11FO2.C8H11NO3/c1-8-4-2-3-5-9(8)6-10(12)7-11(13)14;11-9-6-2-1-4-8(9)5-3-7-10(12)13;9-6(5-8(10)11)4-7-2-1-3-12-7/h2-5,10H,6-7,12H2,1H3,(H,13,14);1-2,4,6H,3,5,7H2,(H,12,13);1-3,6H,4-5,9H2,(H,10,11). The highest BCUT2D eigenvalue weighted by molar-refractivity contribution is 5.68. The number of halogens is 1. The molecule has 0 radical (unpaired) electrons. The van der Waals surface area contributed by atoms with E-state index in [4.69, 9.17) is 31.2 Å². The Labute approximate surface area is 227 Å². The van der Waals surface area contributed by atoms with Crippen LogP contribution in [0.1, 0.15) is 48.1 Å². The second kappa shape index (κ2) is 18.3. The number of rotatable bonds is 12. The first-order valence-electron chi connectivity index (χ1n) is 12.4. The number of carboxylic acids is 3. The van der Waals surface area contributed by atoms with E-state index >= 15 is 0 Å². The molecule has 39 heavy (non-hydrogen) atoms. The molecular weight excluding hydrogens is 507 g/mol. The minimum absolute atomic E-state index is 0.0222. The first kappa shape index (κ1) is 33.0. The zero-order valence-corrected chi connectivity index (χ0v) is 22.0. The molecule has 0 amide bonds. The van der Waals surface area contributed by atoms with E-state index in [1.165, 1.54) is 6.07 Å². The Kier molecular flexibility index (Phi) is 15.5. The lowest BCUT2D eigenvalue weighted by Gasteiger charge is -2.10. The lowest BCUT2D eigenvalue weighted by Crippen LogP contribution is -2.26. The van der Waals surface area contributed by atoms with E-state index < -0.39 is 17.9 Å². The summed E-state index contributed by atoms with van der Waals surface area (Å²) in [5, 5.41) is 25.3. The average Bonchev–Trinajstić information content (AvgIpc) is 3.34. The quantitative estimate of drug-likeness (QED) is 0.224. The highest BCUT2D eigenvalue weighted by atomic mass is 19.1. The Morgan fingerprint density at radius 2 is 1.36 bits per heavy atom. The van der Waals surface area contributed by atoms with Gasteiger partial charge < -0.3 is 31.2 Å². The lowest BCUT2D eigenvalue weighted by molar-refractivity contribution is -0.138. The van der Waals surface area contributed by atoms with Crippen LogP contribution in [0.4, 0.5) is 4.39 Å². The van der Waals surface area contributed by atoms with Crippen molar-refractivity contribution in [1.82, 2.24) is 0 Å². The average molecular weight is 545 g/mol. The smallest absolute Gasteiger partial charge is 0.304 e. The van der Waals surface area contributed by atoms with Crippen molar-refractivity contribution < 1.29 is 38.5 Å². The van der Waals surface area contributed by atoms with Crippen molar-refractivity contribution in [2.24, 2.45) is 11.5 Å². The Bertz CT molecular complexity index is 1150. The number of carboxylic acid groups (broad SMARTS) is 3. The van der Waals surface area contributed by atoms with E-state index in [0.29, 0.717) is 31.2 Å². The lowest BCUT2D eigenvalue weighted by atomic mass is 10.00. The van der Waals surface area contributed by atoms with Crippen LogP contribution in [0.3, 0.4) is 0 Å². The molecule has 0 fully saturated rings. The SMILES string of the molecule is Cc1ccccc1CC(N)CC(=O)O.NC(CC(=O)O)Cc1ccco1.O=C(O)CCCc1ccccc1F. The number of hydrogen-bond donors (Lipinski definition) is 5. The Balaban J connectivity index is 0.000000293. The van der Waals surface area contributed by atoms with Gasteiger partial charge in [-0.2, -0.15) is 0 Å². The third-order valence-corrected chi connectivity index (χ3v) is 5.46. The molecule has 1 aromatic heterocycles. The summed E-state index contributed by atoms with van der Waals surface area (Å²) in [6.07, 6.45) is 3.69. The molecule has 212 valence electrons. The molecule has 0 aliphatic carbocycles. The maximum absolute atomic E-state index is 13.0. The van der Waals surface area contributed by atoms with Gasteiger partial charge in [-0.15, -0.1) is 0 Å². The molecular formula is C29H37FN2O7. The fourth-order valence-corrected chi connectivity index (χ4v) is 3.53. The van der Waals surface area contributed by atoms with Gasteiger partial charge in [0.25, 0.3) is 0 Å². The molecule has 3 rings (SSSR count). The normalized spacial score (nSPS) is 11.7. The third kappa shape index (κ3) is 15.7. The molecule has 10 heteroatoms. The summed E-state index contributed by atoms with van der Waals surface area (Å²) in [5.74, 6) is -2.09. The summed E-state index contributed by atoms with van der Waals surface area (Å²) in [4.78, 5) is 30.8. The van der Waals surface area contributed by atoms with Crippen molar-refractivity contribution in [3.63, 3.8) is 0 Å². The molecule has 0 bridgehead atoms. The van der Waals surface area contributed by atoms with Gasteiger partial charge in [0.1, 0.15) is 11.6 Å². The van der Waals surface area contributed by atoms with Crippen molar-refractivity contribution >= 4 is 17.9 Å². The second-order valence-corrected chi connectivity index (χ2v) is 8.97. The summed E-state index contributed by atoms with van der Waals surface area (Å²) in [6.45, 7) is 2.00. The Hall–Kier alpha value is -4.02. The van der Waals surface area contributed by atoms with E-state index in [1.54, 1.807) is 36.6 Å². The number of hydrogen-bond acceptors (Lipinski definition) is 6. The highest BCUT2D eigenvalue weighted by Gasteiger charge is 2.10. The molecule has 0 saturated heterocycles. The Morgan fingerprint density at radius 3 is 1.87 bits per heavy atom. The van der Waals surface area contributed by atoms with Crippen LogP contribution in [0.15, 0.2) is 71.3 Å². The van der Waals surface area contributed by atoms with Crippen molar-refractivity contribution in [1.29, 1.82) is 0 Å². The Morgan fingerprint density at radius 1 is 0.795 bits per heavy atom. The molecule has 2 unspecified atom stereocenters. The summed E-state index contributed by atoms with van der Waals surface area (Å²) in [6, 6.07) is 17.2. The maximum atomic E-state index is 13.0. The molecule has 0 aliphatic rings. The monoisotopic (exact) mass is 544 g/mol. The van der Waals surface area contributed by atoms with Gasteiger partial charge in [0.05, 0.1) is 19.1 Å². The number of benzene rings is 2. The van der Waals surface area contributed by atoms with Gasteiger partial charge in [0, 0.05) is 24.9 Å². The van der Waals surface area contributed by atoms with Crippen LogP contribution in [-0.2, 0) is 33.6 Å². The predicted molar refractivity (Wildman–Crippen MR) is 145 cm³/mol. The number of aryl methyl sites for hydroxylation is 2. The molecule has 9 nitrogen and oxygen atoms in total. The maximum Gasteiger partial charge on any atom is 0.304 e. The fraction of sp³-hybridized carbons (Fsp3) is 0.345. The number of furan rings is 1. The first-order valence-corrected chi connectivity index (χ1v) is 12.4. The minimum Gasteiger partial charge on any atom is -0.481 e. The zero-order chi connectivity index (χ0) is 29.2. The molecule has 2 aromatic carbocycles. The molecule has 0 aliphatic heterocycles. The first-order chi connectivity index (χ1) is 18.5. The second-order valence-electron chi connectivity index (χ2n) is 8.97. The predicted octanol–water partition coefficient (Wildman–Crippen LogP) is 4.20. The van der Waals surface area contributed by atoms with Gasteiger partial charge in [-0.1, -0.05) is 42.5 Å². The molecule has 3 aromatic rings.